The number of nitrogens with zero attached hydrogens (tertiary/aromatic N) is 1. The van der Waals surface area contributed by atoms with Gasteiger partial charge in [0.2, 0.25) is 0 Å². The molecule has 2 nitrogen and oxygen atoms in total. The standard InChI is InChI=1S/C15H24N2/c1-3-13-6-4-5-7-14(13)11-17-9-8-15(16)12(2)10-17/h4-7,12,15H,3,8-11,16H2,1-2H3. The highest BCUT2D eigenvalue weighted by Crippen LogP contribution is 2.19. The first kappa shape index (κ1) is 12.6. The lowest BCUT2D eigenvalue weighted by atomic mass is 9.94. The molecule has 0 spiro atoms. The van der Waals surface area contributed by atoms with Crippen molar-refractivity contribution in [3.63, 3.8) is 0 Å². The predicted octanol–water partition coefficient (Wildman–Crippen LogP) is 2.42. The molecule has 1 aliphatic heterocycles. The molecule has 0 bridgehead atoms. The maximum atomic E-state index is 6.06. The van der Waals surface area contributed by atoms with Gasteiger partial charge in [0.1, 0.15) is 0 Å². The third-order valence-electron chi connectivity index (χ3n) is 3.95. The minimum Gasteiger partial charge on any atom is -0.327 e. The van der Waals surface area contributed by atoms with Gasteiger partial charge in [0, 0.05) is 19.1 Å². The van der Waals surface area contributed by atoms with Gasteiger partial charge in [-0.3, -0.25) is 4.90 Å². The lowest BCUT2D eigenvalue weighted by Crippen LogP contribution is -2.45. The van der Waals surface area contributed by atoms with E-state index in [0.717, 1.165) is 32.5 Å². The lowest BCUT2D eigenvalue weighted by Gasteiger charge is -2.35. The van der Waals surface area contributed by atoms with E-state index >= 15 is 0 Å². The SMILES string of the molecule is CCc1ccccc1CN1CCC(N)C(C)C1. The highest BCUT2D eigenvalue weighted by atomic mass is 15.1. The molecule has 1 fully saturated rings. The number of likely N-dealkylation sites (tertiary alicyclic amines) is 1. The predicted molar refractivity (Wildman–Crippen MR) is 72.9 cm³/mol. The van der Waals surface area contributed by atoms with Gasteiger partial charge >= 0.3 is 0 Å². The van der Waals surface area contributed by atoms with Crippen LogP contribution in [-0.2, 0) is 13.0 Å². The van der Waals surface area contributed by atoms with E-state index in [1.54, 1.807) is 0 Å². The van der Waals surface area contributed by atoms with Crippen LogP contribution in [0.5, 0.6) is 0 Å². The van der Waals surface area contributed by atoms with Crippen molar-refractivity contribution in [3.8, 4) is 0 Å². The van der Waals surface area contributed by atoms with Crippen molar-refractivity contribution in [1.82, 2.24) is 4.90 Å². The monoisotopic (exact) mass is 232 g/mol. The Bertz CT molecular complexity index is 362. The van der Waals surface area contributed by atoms with Crippen LogP contribution < -0.4 is 5.73 Å². The third-order valence-corrected chi connectivity index (χ3v) is 3.95. The van der Waals surface area contributed by atoms with Crippen LogP contribution in [0, 0.1) is 5.92 Å². The van der Waals surface area contributed by atoms with Gasteiger partial charge in [0.15, 0.2) is 0 Å². The van der Waals surface area contributed by atoms with Crippen LogP contribution in [0.25, 0.3) is 0 Å². The molecule has 0 saturated carbocycles. The average Bonchev–Trinajstić information content (AvgIpc) is 2.34. The number of nitrogens with two attached hydrogens (primary N) is 1. The molecule has 0 aromatic heterocycles. The Morgan fingerprint density at radius 1 is 1.29 bits per heavy atom. The van der Waals surface area contributed by atoms with Gasteiger partial charge in [0.05, 0.1) is 0 Å². The van der Waals surface area contributed by atoms with E-state index in [9.17, 15) is 0 Å². The molecule has 2 rings (SSSR count). The van der Waals surface area contributed by atoms with Gasteiger partial charge in [0.25, 0.3) is 0 Å². The summed E-state index contributed by atoms with van der Waals surface area (Å²) in [5, 5.41) is 0. The fourth-order valence-corrected chi connectivity index (χ4v) is 2.69. The quantitative estimate of drug-likeness (QED) is 0.867. The molecule has 1 heterocycles. The van der Waals surface area contributed by atoms with Gasteiger partial charge in [-0.2, -0.15) is 0 Å². The average molecular weight is 232 g/mol. The van der Waals surface area contributed by atoms with Crippen molar-refractivity contribution in [3.05, 3.63) is 35.4 Å². The van der Waals surface area contributed by atoms with Crippen molar-refractivity contribution in [1.29, 1.82) is 0 Å². The zero-order valence-corrected chi connectivity index (χ0v) is 11.0. The fraction of sp³-hybridized carbons (Fsp3) is 0.600. The Kier molecular flexibility index (Phi) is 4.19. The number of aryl methyl sites for hydroxylation is 1. The Morgan fingerprint density at radius 3 is 2.65 bits per heavy atom. The smallest absolute Gasteiger partial charge is 0.0236 e. The van der Waals surface area contributed by atoms with E-state index < -0.39 is 0 Å². The zero-order valence-electron chi connectivity index (χ0n) is 11.0. The second kappa shape index (κ2) is 5.65. The number of rotatable bonds is 3. The van der Waals surface area contributed by atoms with Crippen LogP contribution in [0.4, 0.5) is 0 Å². The van der Waals surface area contributed by atoms with Crippen LogP contribution in [0.3, 0.4) is 0 Å². The molecule has 0 aliphatic carbocycles. The highest BCUT2D eigenvalue weighted by molar-refractivity contribution is 5.27. The first-order valence-corrected chi connectivity index (χ1v) is 6.75. The molecular weight excluding hydrogens is 208 g/mol. The van der Waals surface area contributed by atoms with Crippen molar-refractivity contribution >= 4 is 0 Å². The van der Waals surface area contributed by atoms with Crippen LogP contribution in [0.1, 0.15) is 31.4 Å². The molecule has 1 aromatic carbocycles. The van der Waals surface area contributed by atoms with Crippen molar-refractivity contribution in [2.75, 3.05) is 13.1 Å². The first-order valence-electron chi connectivity index (χ1n) is 6.75. The second-order valence-electron chi connectivity index (χ2n) is 5.29. The molecule has 1 saturated heterocycles. The van der Waals surface area contributed by atoms with Gasteiger partial charge in [-0.05, 0) is 36.4 Å². The van der Waals surface area contributed by atoms with Gasteiger partial charge in [-0.1, -0.05) is 38.1 Å². The molecule has 94 valence electrons. The molecular formula is C15H24N2. The maximum absolute atomic E-state index is 6.06. The summed E-state index contributed by atoms with van der Waals surface area (Å²) in [5.74, 6) is 0.623. The summed E-state index contributed by atoms with van der Waals surface area (Å²) in [5.41, 5.74) is 9.03. The largest absolute Gasteiger partial charge is 0.327 e. The number of piperidine rings is 1. The Hall–Kier alpha value is -0.860. The zero-order chi connectivity index (χ0) is 12.3. The first-order chi connectivity index (χ1) is 8.20. The minimum atomic E-state index is 0.396. The Balaban J connectivity index is 2.01. The summed E-state index contributed by atoms with van der Waals surface area (Å²) in [6, 6.07) is 9.18. The van der Waals surface area contributed by atoms with Crippen molar-refractivity contribution in [2.45, 2.75) is 39.3 Å². The number of benzene rings is 1. The van der Waals surface area contributed by atoms with Gasteiger partial charge in [-0.25, -0.2) is 0 Å². The third kappa shape index (κ3) is 3.08. The Morgan fingerprint density at radius 2 is 2.00 bits per heavy atom. The number of hydrogen-bond acceptors (Lipinski definition) is 2. The molecule has 2 unspecified atom stereocenters. The molecule has 1 aromatic rings. The van der Waals surface area contributed by atoms with Crippen LogP contribution in [0.15, 0.2) is 24.3 Å². The van der Waals surface area contributed by atoms with E-state index in [1.165, 1.54) is 11.1 Å². The molecule has 2 heteroatoms. The van der Waals surface area contributed by atoms with Crippen LogP contribution in [0.2, 0.25) is 0 Å². The van der Waals surface area contributed by atoms with Crippen LogP contribution >= 0.6 is 0 Å². The molecule has 17 heavy (non-hydrogen) atoms. The fourth-order valence-electron chi connectivity index (χ4n) is 2.69. The minimum absolute atomic E-state index is 0.396. The lowest BCUT2D eigenvalue weighted by molar-refractivity contribution is 0.157. The molecule has 0 amide bonds. The van der Waals surface area contributed by atoms with E-state index in [2.05, 4.69) is 43.0 Å². The molecule has 0 radical (unpaired) electrons. The maximum Gasteiger partial charge on any atom is 0.0236 e. The molecule has 2 atom stereocenters. The molecule has 2 N–H and O–H groups in total. The molecule has 1 aliphatic rings. The van der Waals surface area contributed by atoms with Crippen molar-refractivity contribution < 1.29 is 0 Å². The van der Waals surface area contributed by atoms with Crippen molar-refractivity contribution in [2.24, 2.45) is 11.7 Å². The number of hydrogen-bond donors (Lipinski definition) is 1. The summed E-state index contributed by atoms with van der Waals surface area (Å²) in [7, 11) is 0. The van der Waals surface area contributed by atoms with E-state index in [-0.39, 0.29) is 0 Å². The topological polar surface area (TPSA) is 29.3 Å². The van der Waals surface area contributed by atoms with Gasteiger partial charge < -0.3 is 5.73 Å². The summed E-state index contributed by atoms with van der Waals surface area (Å²) < 4.78 is 0. The van der Waals surface area contributed by atoms with E-state index in [4.69, 9.17) is 5.73 Å². The summed E-state index contributed by atoms with van der Waals surface area (Å²) in [6.45, 7) is 7.86. The summed E-state index contributed by atoms with van der Waals surface area (Å²) in [6.07, 6.45) is 2.26. The highest BCUT2D eigenvalue weighted by Gasteiger charge is 2.23. The van der Waals surface area contributed by atoms with Gasteiger partial charge in [-0.15, -0.1) is 0 Å². The second-order valence-corrected chi connectivity index (χ2v) is 5.29. The van der Waals surface area contributed by atoms with Crippen LogP contribution in [-0.4, -0.2) is 24.0 Å². The normalized spacial score (nSPS) is 26.1. The summed E-state index contributed by atoms with van der Waals surface area (Å²) >= 11 is 0. The van der Waals surface area contributed by atoms with E-state index in [0.29, 0.717) is 12.0 Å². The Labute approximate surface area is 105 Å². The summed E-state index contributed by atoms with van der Waals surface area (Å²) in [4.78, 5) is 2.54. The van der Waals surface area contributed by atoms with E-state index in [1.807, 2.05) is 0 Å².